The number of benzene rings is 3. The van der Waals surface area contributed by atoms with Gasteiger partial charge in [-0.25, -0.2) is 15.0 Å². The third kappa shape index (κ3) is 3.68. The maximum absolute atomic E-state index is 11.6. The molecule has 1 aromatic heterocycles. The first-order chi connectivity index (χ1) is 14.0. The van der Waals surface area contributed by atoms with Crippen LogP contribution in [0.1, 0.15) is 15.9 Å². The minimum Gasteiger partial charge on any atom is -0.507 e. The molecule has 142 valence electrons. The van der Waals surface area contributed by atoms with E-state index in [9.17, 15) is 9.90 Å². The lowest BCUT2D eigenvalue weighted by Crippen LogP contribution is -2.10. The van der Waals surface area contributed by atoms with Gasteiger partial charge in [0.05, 0.1) is 5.56 Å². The van der Waals surface area contributed by atoms with Crippen molar-refractivity contribution < 1.29 is 9.90 Å². The van der Waals surface area contributed by atoms with E-state index >= 15 is 0 Å². The van der Waals surface area contributed by atoms with E-state index < -0.39 is 5.91 Å². The van der Waals surface area contributed by atoms with Crippen molar-refractivity contribution in [2.24, 2.45) is 5.73 Å². The zero-order valence-corrected chi connectivity index (χ0v) is 15.7. The van der Waals surface area contributed by atoms with Gasteiger partial charge in [0.2, 0.25) is 5.91 Å². The van der Waals surface area contributed by atoms with Crippen LogP contribution in [0.3, 0.4) is 0 Å². The summed E-state index contributed by atoms with van der Waals surface area (Å²) >= 11 is 0. The lowest BCUT2D eigenvalue weighted by molar-refractivity contribution is 0.100. The number of nitrogens with two attached hydrogens (primary N) is 1. The third-order valence-electron chi connectivity index (χ3n) is 4.57. The van der Waals surface area contributed by atoms with Crippen LogP contribution in [0.25, 0.3) is 34.2 Å². The van der Waals surface area contributed by atoms with Crippen LogP contribution in [0.15, 0.2) is 72.8 Å². The molecule has 0 saturated carbocycles. The first kappa shape index (κ1) is 18.3. The second kappa shape index (κ2) is 7.52. The molecule has 3 N–H and O–H groups in total. The summed E-state index contributed by atoms with van der Waals surface area (Å²) in [4.78, 5) is 25.4. The van der Waals surface area contributed by atoms with Crippen molar-refractivity contribution in [3.8, 4) is 39.9 Å². The van der Waals surface area contributed by atoms with Gasteiger partial charge in [0.25, 0.3) is 0 Å². The topological polar surface area (TPSA) is 102 Å². The van der Waals surface area contributed by atoms with E-state index in [0.717, 1.165) is 11.1 Å². The van der Waals surface area contributed by atoms with Crippen LogP contribution < -0.4 is 5.73 Å². The standard InChI is InChI=1S/C23H18N4O2/c1-14-7-2-3-10-17(14)22-25-21(16-9-6-8-15(13-16)20(24)29)26-23(27-22)18-11-4-5-12-19(18)28/h2-13,28H,1H3,(H2,24,29). The highest BCUT2D eigenvalue weighted by Gasteiger charge is 2.15. The van der Waals surface area contributed by atoms with E-state index in [1.54, 1.807) is 48.5 Å². The molecule has 0 spiro atoms. The van der Waals surface area contributed by atoms with Gasteiger partial charge in [0, 0.05) is 16.7 Å². The summed E-state index contributed by atoms with van der Waals surface area (Å²) in [5, 5.41) is 10.3. The van der Waals surface area contributed by atoms with Gasteiger partial charge < -0.3 is 10.8 Å². The minimum absolute atomic E-state index is 0.0753. The maximum atomic E-state index is 11.6. The van der Waals surface area contributed by atoms with Gasteiger partial charge in [-0.3, -0.25) is 4.79 Å². The Kier molecular flexibility index (Phi) is 4.75. The first-order valence-corrected chi connectivity index (χ1v) is 9.03. The number of primary amides is 1. The third-order valence-corrected chi connectivity index (χ3v) is 4.57. The Balaban J connectivity index is 1.96. The van der Waals surface area contributed by atoms with Crippen molar-refractivity contribution >= 4 is 5.91 Å². The smallest absolute Gasteiger partial charge is 0.248 e. The molecule has 4 aromatic rings. The summed E-state index contributed by atoms with van der Waals surface area (Å²) in [5.41, 5.74) is 8.79. The predicted octanol–water partition coefficient (Wildman–Crippen LogP) is 3.99. The Morgan fingerprint density at radius 2 is 1.41 bits per heavy atom. The summed E-state index contributed by atoms with van der Waals surface area (Å²) in [6.07, 6.45) is 0. The summed E-state index contributed by atoms with van der Waals surface area (Å²) in [6, 6.07) is 21.5. The lowest BCUT2D eigenvalue weighted by Gasteiger charge is -2.10. The molecule has 6 heteroatoms. The zero-order valence-electron chi connectivity index (χ0n) is 15.7. The molecule has 0 aliphatic carbocycles. The van der Waals surface area contributed by atoms with Gasteiger partial charge >= 0.3 is 0 Å². The number of phenols is 1. The fourth-order valence-corrected chi connectivity index (χ4v) is 3.04. The van der Waals surface area contributed by atoms with Crippen LogP contribution in [-0.4, -0.2) is 26.0 Å². The molecule has 4 rings (SSSR count). The number of hydrogen-bond acceptors (Lipinski definition) is 5. The number of aryl methyl sites for hydroxylation is 1. The van der Waals surface area contributed by atoms with Crippen LogP contribution in [0.5, 0.6) is 5.75 Å². The molecular formula is C23H18N4O2. The summed E-state index contributed by atoms with van der Waals surface area (Å²) in [6.45, 7) is 1.98. The second-order valence-corrected chi connectivity index (χ2v) is 6.58. The summed E-state index contributed by atoms with van der Waals surface area (Å²) < 4.78 is 0. The van der Waals surface area contributed by atoms with E-state index in [4.69, 9.17) is 5.73 Å². The largest absolute Gasteiger partial charge is 0.507 e. The van der Waals surface area contributed by atoms with Crippen molar-refractivity contribution in [1.82, 2.24) is 15.0 Å². The Labute approximate surface area is 167 Å². The van der Waals surface area contributed by atoms with E-state index in [-0.39, 0.29) is 5.75 Å². The van der Waals surface area contributed by atoms with Gasteiger partial charge in [-0.1, -0.05) is 48.5 Å². The Morgan fingerprint density at radius 3 is 2.10 bits per heavy atom. The number of phenolic OH excluding ortho intramolecular Hbond substituents is 1. The molecule has 6 nitrogen and oxygen atoms in total. The Bertz CT molecular complexity index is 1160. The van der Waals surface area contributed by atoms with E-state index in [0.29, 0.717) is 34.2 Å². The molecule has 3 aromatic carbocycles. The van der Waals surface area contributed by atoms with Crippen LogP contribution >= 0.6 is 0 Å². The normalized spacial score (nSPS) is 10.7. The highest BCUT2D eigenvalue weighted by molar-refractivity contribution is 5.94. The van der Waals surface area contributed by atoms with Gasteiger partial charge in [-0.15, -0.1) is 0 Å². The van der Waals surface area contributed by atoms with E-state index in [1.165, 1.54) is 0 Å². The number of aromatic nitrogens is 3. The van der Waals surface area contributed by atoms with Crippen LogP contribution in [0, 0.1) is 6.92 Å². The van der Waals surface area contributed by atoms with Crippen LogP contribution in [0.2, 0.25) is 0 Å². The number of aromatic hydroxyl groups is 1. The Hall–Kier alpha value is -4.06. The number of nitrogens with zero attached hydrogens (tertiary/aromatic N) is 3. The summed E-state index contributed by atoms with van der Waals surface area (Å²) in [5.74, 6) is 0.762. The fraction of sp³-hybridized carbons (Fsp3) is 0.0435. The number of para-hydroxylation sites is 1. The molecule has 0 unspecified atom stereocenters. The van der Waals surface area contributed by atoms with Crippen molar-refractivity contribution in [1.29, 1.82) is 0 Å². The first-order valence-electron chi connectivity index (χ1n) is 9.03. The number of carbonyl (C=O) groups excluding carboxylic acids is 1. The van der Waals surface area contributed by atoms with Crippen molar-refractivity contribution in [2.75, 3.05) is 0 Å². The molecule has 29 heavy (non-hydrogen) atoms. The highest BCUT2D eigenvalue weighted by Crippen LogP contribution is 2.30. The average molecular weight is 382 g/mol. The summed E-state index contributed by atoms with van der Waals surface area (Å²) in [7, 11) is 0. The molecule has 0 aliphatic heterocycles. The van der Waals surface area contributed by atoms with Gasteiger partial charge in [-0.2, -0.15) is 0 Å². The molecule has 0 saturated heterocycles. The number of rotatable bonds is 4. The number of hydrogen-bond donors (Lipinski definition) is 2. The molecule has 0 fully saturated rings. The average Bonchev–Trinajstić information content (AvgIpc) is 2.74. The Morgan fingerprint density at radius 1 is 0.793 bits per heavy atom. The molecule has 1 amide bonds. The maximum Gasteiger partial charge on any atom is 0.248 e. The van der Waals surface area contributed by atoms with E-state index in [1.807, 2.05) is 31.2 Å². The van der Waals surface area contributed by atoms with E-state index in [2.05, 4.69) is 15.0 Å². The fourth-order valence-electron chi connectivity index (χ4n) is 3.04. The highest BCUT2D eigenvalue weighted by atomic mass is 16.3. The second-order valence-electron chi connectivity index (χ2n) is 6.58. The van der Waals surface area contributed by atoms with Crippen molar-refractivity contribution in [2.45, 2.75) is 6.92 Å². The molecule has 1 heterocycles. The molecule has 0 atom stereocenters. The molecule has 0 radical (unpaired) electrons. The van der Waals surface area contributed by atoms with Crippen molar-refractivity contribution in [3.63, 3.8) is 0 Å². The van der Waals surface area contributed by atoms with Crippen LogP contribution in [-0.2, 0) is 0 Å². The monoisotopic (exact) mass is 382 g/mol. The minimum atomic E-state index is -0.527. The molecule has 0 aliphatic rings. The quantitative estimate of drug-likeness (QED) is 0.556. The number of amides is 1. The van der Waals surface area contributed by atoms with Crippen molar-refractivity contribution in [3.05, 3.63) is 83.9 Å². The molecule has 0 bridgehead atoms. The predicted molar refractivity (Wildman–Crippen MR) is 111 cm³/mol. The van der Waals surface area contributed by atoms with Gasteiger partial charge in [0.1, 0.15) is 5.75 Å². The van der Waals surface area contributed by atoms with Crippen LogP contribution in [0.4, 0.5) is 0 Å². The lowest BCUT2D eigenvalue weighted by atomic mass is 10.1. The molecular weight excluding hydrogens is 364 g/mol. The number of carbonyl (C=O) groups is 1. The zero-order chi connectivity index (χ0) is 20.4. The van der Waals surface area contributed by atoms with Gasteiger partial charge in [-0.05, 0) is 36.8 Å². The van der Waals surface area contributed by atoms with Gasteiger partial charge in [0.15, 0.2) is 17.5 Å². The SMILES string of the molecule is Cc1ccccc1-c1nc(-c2cccc(C(N)=O)c2)nc(-c2ccccc2O)n1.